The lowest BCUT2D eigenvalue weighted by atomic mass is 10.3. The molecular formula is C12H21N5O3. The zero-order valence-electron chi connectivity index (χ0n) is 12.1. The van der Waals surface area contributed by atoms with Gasteiger partial charge in [0.2, 0.25) is 11.6 Å². The molecule has 0 atom stereocenters. The van der Waals surface area contributed by atoms with Crippen molar-refractivity contribution in [1.29, 1.82) is 0 Å². The third-order valence-corrected chi connectivity index (χ3v) is 2.72. The van der Waals surface area contributed by atoms with E-state index in [1.165, 1.54) is 6.33 Å². The van der Waals surface area contributed by atoms with Gasteiger partial charge in [-0.2, -0.15) is 0 Å². The smallest absolute Gasteiger partial charge is 0.353 e. The zero-order valence-corrected chi connectivity index (χ0v) is 12.1. The fraction of sp³-hybridized carbons (Fsp3) is 0.667. The van der Waals surface area contributed by atoms with Crippen molar-refractivity contribution in [3.63, 3.8) is 0 Å². The van der Waals surface area contributed by atoms with Crippen molar-refractivity contribution in [3.8, 4) is 0 Å². The monoisotopic (exact) mass is 283 g/mol. The summed E-state index contributed by atoms with van der Waals surface area (Å²) in [5.74, 6) is 0.570. The Morgan fingerprint density at radius 1 is 1.40 bits per heavy atom. The van der Waals surface area contributed by atoms with E-state index >= 15 is 0 Å². The molecule has 0 radical (unpaired) electrons. The van der Waals surface area contributed by atoms with E-state index in [0.29, 0.717) is 38.7 Å². The summed E-state index contributed by atoms with van der Waals surface area (Å²) in [4.78, 5) is 20.7. The number of rotatable bonds is 9. The molecule has 8 nitrogen and oxygen atoms in total. The second kappa shape index (κ2) is 8.26. The summed E-state index contributed by atoms with van der Waals surface area (Å²) in [6.07, 6.45) is 1.34. The van der Waals surface area contributed by atoms with Crippen molar-refractivity contribution < 1.29 is 9.66 Å². The molecule has 1 rings (SSSR count). The van der Waals surface area contributed by atoms with E-state index in [4.69, 9.17) is 4.74 Å². The van der Waals surface area contributed by atoms with Crippen molar-refractivity contribution in [2.24, 2.45) is 0 Å². The Kier molecular flexibility index (Phi) is 6.65. The van der Waals surface area contributed by atoms with Crippen molar-refractivity contribution in [2.75, 3.05) is 43.1 Å². The molecule has 0 saturated heterocycles. The average Bonchev–Trinajstić information content (AvgIpc) is 2.43. The van der Waals surface area contributed by atoms with Gasteiger partial charge in [-0.15, -0.1) is 0 Å². The highest BCUT2D eigenvalue weighted by molar-refractivity contribution is 5.70. The lowest BCUT2D eigenvalue weighted by Crippen LogP contribution is -2.29. The Balaban J connectivity index is 3.07. The van der Waals surface area contributed by atoms with Gasteiger partial charge >= 0.3 is 5.69 Å². The van der Waals surface area contributed by atoms with Gasteiger partial charge in [0.15, 0.2) is 0 Å². The highest BCUT2D eigenvalue weighted by Gasteiger charge is 2.25. The van der Waals surface area contributed by atoms with Crippen LogP contribution in [0.5, 0.6) is 0 Å². The molecule has 0 spiro atoms. The Hall–Kier alpha value is -1.96. The molecule has 0 fully saturated rings. The Labute approximate surface area is 118 Å². The van der Waals surface area contributed by atoms with Gasteiger partial charge in [-0.3, -0.25) is 10.1 Å². The fourth-order valence-corrected chi connectivity index (χ4v) is 1.80. The maximum absolute atomic E-state index is 11.3. The SMILES string of the molecule is CCNc1ncnc(N(CC)CCOCC)c1[N+](=O)[O-]. The average molecular weight is 283 g/mol. The summed E-state index contributed by atoms with van der Waals surface area (Å²) in [5, 5.41) is 14.2. The van der Waals surface area contributed by atoms with Crippen LogP contribution in [-0.4, -0.2) is 47.7 Å². The van der Waals surface area contributed by atoms with Crippen molar-refractivity contribution in [2.45, 2.75) is 20.8 Å². The van der Waals surface area contributed by atoms with E-state index in [0.717, 1.165) is 0 Å². The van der Waals surface area contributed by atoms with Crippen LogP contribution in [0.15, 0.2) is 6.33 Å². The molecule has 0 bridgehead atoms. The van der Waals surface area contributed by atoms with Crippen LogP contribution in [0.25, 0.3) is 0 Å². The van der Waals surface area contributed by atoms with E-state index < -0.39 is 4.92 Å². The molecule has 1 aromatic heterocycles. The van der Waals surface area contributed by atoms with Crippen LogP contribution >= 0.6 is 0 Å². The van der Waals surface area contributed by atoms with Crippen LogP contribution in [0.3, 0.4) is 0 Å². The van der Waals surface area contributed by atoms with Crippen LogP contribution in [0.4, 0.5) is 17.3 Å². The first-order chi connectivity index (χ1) is 9.65. The first-order valence-corrected chi connectivity index (χ1v) is 6.71. The second-order valence-electron chi connectivity index (χ2n) is 3.96. The molecule has 0 amide bonds. The Morgan fingerprint density at radius 2 is 2.15 bits per heavy atom. The second-order valence-corrected chi connectivity index (χ2v) is 3.96. The number of ether oxygens (including phenoxy) is 1. The molecule has 8 heteroatoms. The van der Waals surface area contributed by atoms with E-state index in [1.54, 1.807) is 0 Å². The molecule has 0 aromatic carbocycles. The molecular weight excluding hydrogens is 262 g/mol. The number of nitrogens with one attached hydrogen (secondary N) is 1. The molecule has 1 aromatic rings. The number of likely N-dealkylation sites (N-methyl/N-ethyl adjacent to an activating group) is 1. The van der Waals surface area contributed by atoms with Gasteiger partial charge in [-0.1, -0.05) is 0 Å². The van der Waals surface area contributed by atoms with Crippen molar-refractivity contribution in [1.82, 2.24) is 9.97 Å². The molecule has 0 saturated carbocycles. The Bertz CT molecular complexity index is 441. The normalized spacial score (nSPS) is 10.3. The Morgan fingerprint density at radius 3 is 2.70 bits per heavy atom. The maximum Gasteiger partial charge on any atom is 0.353 e. The predicted molar refractivity (Wildman–Crippen MR) is 77.2 cm³/mol. The number of nitro groups is 1. The van der Waals surface area contributed by atoms with Gasteiger partial charge in [0, 0.05) is 26.2 Å². The minimum absolute atomic E-state index is 0.0901. The molecule has 1 N–H and O–H groups in total. The van der Waals surface area contributed by atoms with Crippen LogP contribution in [0, 0.1) is 10.1 Å². The lowest BCUT2D eigenvalue weighted by Gasteiger charge is -2.21. The van der Waals surface area contributed by atoms with E-state index in [2.05, 4.69) is 15.3 Å². The van der Waals surface area contributed by atoms with E-state index in [1.807, 2.05) is 25.7 Å². The summed E-state index contributed by atoms with van der Waals surface area (Å²) >= 11 is 0. The summed E-state index contributed by atoms with van der Waals surface area (Å²) < 4.78 is 5.29. The third kappa shape index (κ3) is 4.02. The molecule has 112 valence electrons. The fourth-order valence-electron chi connectivity index (χ4n) is 1.80. The quantitative estimate of drug-likeness (QED) is 0.418. The van der Waals surface area contributed by atoms with Crippen LogP contribution in [0.2, 0.25) is 0 Å². The summed E-state index contributed by atoms with van der Waals surface area (Å²) in [7, 11) is 0. The van der Waals surface area contributed by atoms with Crippen molar-refractivity contribution >= 4 is 17.3 Å². The van der Waals surface area contributed by atoms with Crippen LogP contribution < -0.4 is 10.2 Å². The first-order valence-electron chi connectivity index (χ1n) is 6.71. The molecule has 0 aliphatic rings. The number of nitrogens with zero attached hydrogens (tertiary/aromatic N) is 4. The summed E-state index contributed by atoms with van der Waals surface area (Å²) in [6, 6.07) is 0. The lowest BCUT2D eigenvalue weighted by molar-refractivity contribution is -0.383. The topological polar surface area (TPSA) is 93.4 Å². The van der Waals surface area contributed by atoms with E-state index in [-0.39, 0.29) is 11.5 Å². The number of hydrogen-bond donors (Lipinski definition) is 1. The third-order valence-electron chi connectivity index (χ3n) is 2.72. The molecule has 0 unspecified atom stereocenters. The van der Waals surface area contributed by atoms with Gasteiger partial charge in [0.05, 0.1) is 11.5 Å². The molecule has 0 aliphatic heterocycles. The van der Waals surface area contributed by atoms with Crippen LogP contribution in [-0.2, 0) is 4.74 Å². The minimum Gasteiger partial charge on any atom is -0.380 e. The molecule has 20 heavy (non-hydrogen) atoms. The zero-order chi connectivity index (χ0) is 15.0. The highest BCUT2D eigenvalue weighted by atomic mass is 16.6. The van der Waals surface area contributed by atoms with Gasteiger partial charge in [0.1, 0.15) is 6.33 Å². The standard InChI is InChI=1S/C12H21N5O3/c1-4-13-11-10(17(18)19)12(15-9-14-11)16(5-2)7-8-20-6-3/h9H,4-8H2,1-3H3,(H,13,14,15). The summed E-state index contributed by atoms with van der Waals surface area (Å²) in [5.41, 5.74) is -0.0901. The first kappa shape index (κ1) is 16.1. The number of hydrogen-bond acceptors (Lipinski definition) is 7. The van der Waals surface area contributed by atoms with Gasteiger partial charge < -0.3 is 15.0 Å². The van der Waals surface area contributed by atoms with Gasteiger partial charge in [-0.25, -0.2) is 9.97 Å². The van der Waals surface area contributed by atoms with Gasteiger partial charge in [-0.05, 0) is 20.8 Å². The predicted octanol–water partition coefficient (Wildman–Crippen LogP) is 1.68. The van der Waals surface area contributed by atoms with Gasteiger partial charge in [0.25, 0.3) is 0 Å². The minimum atomic E-state index is -0.448. The van der Waals surface area contributed by atoms with Crippen LogP contribution in [0.1, 0.15) is 20.8 Å². The molecule has 1 heterocycles. The largest absolute Gasteiger partial charge is 0.380 e. The highest BCUT2D eigenvalue weighted by Crippen LogP contribution is 2.31. The number of anilines is 2. The van der Waals surface area contributed by atoms with E-state index in [9.17, 15) is 10.1 Å². The number of aromatic nitrogens is 2. The van der Waals surface area contributed by atoms with Crippen molar-refractivity contribution in [3.05, 3.63) is 16.4 Å². The maximum atomic E-state index is 11.3. The summed E-state index contributed by atoms with van der Waals surface area (Å²) in [6.45, 7) is 8.52. The molecule has 0 aliphatic carbocycles.